The fourth-order valence-corrected chi connectivity index (χ4v) is 1.33. The van der Waals surface area contributed by atoms with Crippen molar-refractivity contribution in [2.24, 2.45) is 0 Å². The summed E-state index contributed by atoms with van der Waals surface area (Å²) in [5.41, 5.74) is 5.47. The summed E-state index contributed by atoms with van der Waals surface area (Å²) >= 11 is 0. The summed E-state index contributed by atoms with van der Waals surface area (Å²) < 4.78 is 0. The Morgan fingerprint density at radius 2 is 0.632 bits per heavy atom. The van der Waals surface area contributed by atoms with Crippen LogP contribution >= 0.6 is 0 Å². The van der Waals surface area contributed by atoms with E-state index in [1.807, 2.05) is 0 Å². The SMILES string of the molecule is Cc1ccccc1C.Cc1ccccc1C.[CH3-].[CH3-].[W+2]. The molecule has 0 heterocycles. The van der Waals surface area contributed by atoms with E-state index in [0.29, 0.717) is 0 Å². The van der Waals surface area contributed by atoms with Gasteiger partial charge < -0.3 is 14.9 Å². The molecule has 0 amide bonds. The second kappa shape index (κ2) is 12.2. The van der Waals surface area contributed by atoms with E-state index in [1.54, 1.807) is 0 Å². The second-order valence-electron chi connectivity index (χ2n) is 4.17. The van der Waals surface area contributed by atoms with Crippen LogP contribution in [0.3, 0.4) is 0 Å². The number of hydrogen-bond donors (Lipinski definition) is 0. The van der Waals surface area contributed by atoms with Gasteiger partial charge in [-0.2, -0.15) is 0 Å². The molecule has 0 aliphatic carbocycles. The second-order valence-corrected chi connectivity index (χ2v) is 4.17. The van der Waals surface area contributed by atoms with Crippen molar-refractivity contribution in [3.8, 4) is 0 Å². The average molecular weight is 426 g/mol. The van der Waals surface area contributed by atoms with Crippen LogP contribution in [-0.4, -0.2) is 0 Å². The van der Waals surface area contributed by atoms with Crippen molar-refractivity contribution < 1.29 is 21.1 Å². The number of hydrogen-bond acceptors (Lipinski definition) is 0. The van der Waals surface area contributed by atoms with Crippen LogP contribution in [0.15, 0.2) is 48.5 Å². The minimum Gasteiger partial charge on any atom is -0.358 e. The summed E-state index contributed by atoms with van der Waals surface area (Å²) in [6, 6.07) is 16.7. The monoisotopic (exact) mass is 426 g/mol. The molecular weight excluding hydrogens is 400 g/mol. The quantitative estimate of drug-likeness (QED) is 0.488. The first-order chi connectivity index (χ1) is 7.61. The van der Waals surface area contributed by atoms with Crippen LogP contribution in [0.1, 0.15) is 22.3 Å². The van der Waals surface area contributed by atoms with Crippen molar-refractivity contribution >= 4 is 0 Å². The molecular formula is C18H26W. The normalized spacial score (nSPS) is 7.79. The fraction of sp³-hybridized carbons (Fsp3) is 0.222. The molecule has 1 heteroatoms. The molecule has 0 aliphatic heterocycles. The summed E-state index contributed by atoms with van der Waals surface area (Å²) in [6.45, 7) is 8.48. The van der Waals surface area contributed by atoms with Crippen LogP contribution in [0.25, 0.3) is 0 Å². The maximum atomic E-state index is 2.12. The molecule has 2 rings (SSSR count). The van der Waals surface area contributed by atoms with E-state index >= 15 is 0 Å². The molecule has 0 bridgehead atoms. The van der Waals surface area contributed by atoms with Gasteiger partial charge in [-0.1, -0.05) is 48.5 Å². The Bertz CT molecular complexity index is 361. The van der Waals surface area contributed by atoms with Crippen molar-refractivity contribution in [3.63, 3.8) is 0 Å². The Labute approximate surface area is 134 Å². The number of aryl methyl sites for hydroxylation is 4. The standard InChI is InChI=1S/2C8H10.2CH3.W/c2*1-7-5-3-4-6-8(7)2;;;/h2*3-6H,1-2H3;2*1H3;/q;;2*-1;+2. The molecule has 2 aromatic rings. The summed E-state index contributed by atoms with van der Waals surface area (Å²) in [7, 11) is 0. The summed E-state index contributed by atoms with van der Waals surface area (Å²) in [5, 5.41) is 0. The van der Waals surface area contributed by atoms with Gasteiger partial charge in [-0.15, -0.1) is 0 Å². The Balaban J connectivity index is -0.000000233. The zero-order valence-corrected chi connectivity index (χ0v) is 16.0. The van der Waals surface area contributed by atoms with Gasteiger partial charge in [-0.05, 0) is 49.9 Å². The Morgan fingerprint density at radius 3 is 0.737 bits per heavy atom. The molecule has 0 aromatic heterocycles. The fourth-order valence-electron chi connectivity index (χ4n) is 1.33. The molecule has 0 aliphatic rings. The van der Waals surface area contributed by atoms with Gasteiger partial charge in [0.05, 0.1) is 0 Å². The minimum absolute atomic E-state index is 0. The van der Waals surface area contributed by atoms with E-state index in [4.69, 9.17) is 0 Å². The van der Waals surface area contributed by atoms with Crippen LogP contribution in [-0.2, 0) is 21.1 Å². The smallest absolute Gasteiger partial charge is 0.358 e. The minimum atomic E-state index is 0. The molecule has 0 atom stereocenters. The van der Waals surface area contributed by atoms with Crippen molar-refractivity contribution in [1.29, 1.82) is 0 Å². The predicted octanol–water partition coefficient (Wildman–Crippen LogP) is 5.50. The van der Waals surface area contributed by atoms with Gasteiger partial charge in [0, 0.05) is 0 Å². The first-order valence-electron chi connectivity index (χ1n) is 5.65. The van der Waals surface area contributed by atoms with E-state index in [2.05, 4.69) is 76.2 Å². The summed E-state index contributed by atoms with van der Waals surface area (Å²) in [4.78, 5) is 0. The number of rotatable bonds is 0. The average Bonchev–Trinajstić information content (AvgIpc) is 2.28. The van der Waals surface area contributed by atoms with Crippen LogP contribution in [0.2, 0.25) is 0 Å². The van der Waals surface area contributed by atoms with E-state index in [0.717, 1.165) is 0 Å². The molecule has 104 valence electrons. The topological polar surface area (TPSA) is 0 Å². The van der Waals surface area contributed by atoms with Crippen LogP contribution in [0, 0.1) is 42.5 Å². The molecule has 0 N–H and O–H groups in total. The summed E-state index contributed by atoms with van der Waals surface area (Å²) in [5.74, 6) is 0. The van der Waals surface area contributed by atoms with Gasteiger partial charge in [0.1, 0.15) is 0 Å². The van der Waals surface area contributed by atoms with Crippen LogP contribution < -0.4 is 0 Å². The zero-order valence-electron chi connectivity index (χ0n) is 13.0. The van der Waals surface area contributed by atoms with E-state index in [1.165, 1.54) is 22.3 Å². The Morgan fingerprint density at radius 1 is 0.474 bits per heavy atom. The third-order valence-electron chi connectivity index (χ3n) is 2.85. The maximum absolute atomic E-state index is 2.12. The molecule has 0 unspecified atom stereocenters. The van der Waals surface area contributed by atoms with Crippen molar-refractivity contribution in [1.82, 2.24) is 0 Å². The molecule has 2 aromatic carbocycles. The van der Waals surface area contributed by atoms with Gasteiger partial charge in [0.15, 0.2) is 0 Å². The van der Waals surface area contributed by atoms with Gasteiger partial charge >= 0.3 is 21.1 Å². The number of benzene rings is 2. The van der Waals surface area contributed by atoms with Crippen molar-refractivity contribution in [2.45, 2.75) is 27.7 Å². The third-order valence-corrected chi connectivity index (χ3v) is 2.85. The van der Waals surface area contributed by atoms with Gasteiger partial charge in [-0.25, -0.2) is 0 Å². The van der Waals surface area contributed by atoms with E-state index in [9.17, 15) is 0 Å². The predicted molar refractivity (Wildman–Crippen MR) is 84.7 cm³/mol. The van der Waals surface area contributed by atoms with E-state index in [-0.39, 0.29) is 35.9 Å². The van der Waals surface area contributed by atoms with Gasteiger partial charge in [0.2, 0.25) is 0 Å². The van der Waals surface area contributed by atoms with Crippen molar-refractivity contribution in [2.75, 3.05) is 0 Å². The largest absolute Gasteiger partial charge is 2.00 e. The molecule has 19 heavy (non-hydrogen) atoms. The molecule has 0 nitrogen and oxygen atoms in total. The van der Waals surface area contributed by atoms with Gasteiger partial charge in [-0.3, -0.25) is 0 Å². The molecule has 0 saturated heterocycles. The van der Waals surface area contributed by atoms with Gasteiger partial charge in [0.25, 0.3) is 0 Å². The molecule has 0 fully saturated rings. The molecule has 0 saturated carbocycles. The molecule has 0 radical (unpaired) electrons. The van der Waals surface area contributed by atoms with Crippen molar-refractivity contribution in [3.05, 3.63) is 85.6 Å². The first-order valence-corrected chi connectivity index (χ1v) is 5.65. The Kier molecular flexibility index (Phi) is 14.9. The van der Waals surface area contributed by atoms with Crippen LogP contribution in [0.5, 0.6) is 0 Å². The zero-order chi connectivity index (χ0) is 12.0. The van der Waals surface area contributed by atoms with E-state index < -0.39 is 0 Å². The first kappa shape index (κ1) is 23.2. The summed E-state index contributed by atoms with van der Waals surface area (Å²) in [6.07, 6.45) is 0. The Hall–Kier alpha value is -0.872. The molecule has 0 spiro atoms. The maximum Gasteiger partial charge on any atom is 2.00 e. The van der Waals surface area contributed by atoms with Crippen LogP contribution in [0.4, 0.5) is 0 Å². The third kappa shape index (κ3) is 8.78.